The van der Waals surface area contributed by atoms with Gasteiger partial charge in [0.25, 0.3) is 0 Å². The summed E-state index contributed by atoms with van der Waals surface area (Å²) in [5.41, 5.74) is 0.658. The van der Waals surface area contributed by atoms with Gasteiger partial charge in [-0.15, -0.1) is 0 Å². The quantitative estimate of drug-likeness (QED) is 0.517. The Morgan fingerprint density at radius 3 is 2.56 bits per heavy atom. The highest BCUT2D eigenvalue weighted by Crippen LogP contribution is 2.29. The number of ether oxygens (including phenoxy) is 1. The summed E-state index contributed by atoms with van der Waals surface area (Å²) in [6.45, 7) is 1.54. The molecule has 0 spiro atoms. The fraction of sp³-hybridized carbons (Fsp3) is 0.0714. The number of halogens is 2. The van der Waals surface area contributed by atoms with Crippen LogP contribution in [0.4, 0.5) is 0 Å². The molecule has 18 heavy (non-hydrogen) atoms. The third-order valence-corrected chi connectivity index (χ3v) is 3.93. The van der Waals surface area contributed by atoms with Crippen molar-refractivity contribution in [2.75, 3.05) is 0 Å². The molecule has 0 radical (unpaired) electrons. The Labute approximate surface area is 128 Å². The van der Waals surface area contributed by atoms with Crippen LogP contribution in [0.25, 0.3) is 0 Å². The Bertz CT molecular complexity index is 596. The lowest BCUT2D eigenvalue weighted by atomic mass is 10.1. The van der Waals surface area contributed by atoms with Gasteiger partial charge in [-0.25, -0.2) is 0 Å². The van der Waals surface area contributed by atoms with Gasteiger partial charge in [0.1, 0.15) is 11.5 Å². The highest BCUT2D eigenvalue weighted by atomic mass is 127. The van der Waals surface area contributed by atoms with Crippen LogP contribution in [-0.4, -0.2) is 5.78 Å². The van der Waals surface area contributed by atoms with E-state index in [0.29, 0.717) is 11.3 Å². The standard InChI is InChI=1S/C14H10BrIO2/c1-9(17)11-7-6-10(8-12(11)15)18-14-5-3-2-4-13(14)16/h2-8H,1H3. The van der Waals surface area contributed by atoms with Crippen molar-refractivity contribution in [1.29, 1.82) is 0 Å². The van der Waals surface area contributed by atoms with Crippen molar-refractivity contribution < 1.29 is 9.53 Å². The topological polar surface area (TPSA) is 26.3 Å². The first kappa shape index (κ1) is 13.5. The third kappa shape index (κ3) is 3.11. The minimum Gasteiger partial charge on any atom is -0.456 e. The largest absolute Gasteiger partial charge is 0.456 e. The van der Waals surface area contributed by atoms with E-state index in [1.165, 1.54) is 0 Å². The number of carbonyl (C=O) groups is 1. The average Bonchev–Trinajstić information content (AvgIpc) is 2.32. The fourth-order valence-corrected chi connectivity index (χ4v) is 2.63. The molecular formula is C14H10BrIO2. The zero-order valence-electron chi connectivity index (χ0n) is 9.61. The van der Waals surface area contributed by atoms with Crippen molar-refractivity contribution >= 4 is 44.3 Å². The van der Waals surface area contributed by atoms with Crippen LogP contribution in [0.3, 0.4) is 0 Å². The Morgan fingerprint density at radius 2 is 1.94 bits per heavy atom. The molecule has 2 aromatic rings. The van der Waals surface area contributed by atoms with Crippen molar-refractivity contribution in [2.45, 2.75) is 6.92 Å². The SMILES string of the molecule is CC(=O)c1ccc(Oc2ccccc2I)cc1Br. The molecule has 0 N–H and O–H groups in total. The molecule has 92 valence electrons. The van der Waals surface area contributed by atoms with Gasteiger partial charge in [0.15, 0.2) is 5.78 Å². The first-order chi connectivity index (χ1) is 8.58. The summed E-state index contributed by atoms with van der Waals surface area (Å²) in [7, 11) is 0. The minimum atomic E-state index is 0.0303. The van der Waals surface area contributed by atoms with Crippen LogP contribution in [0.5, 0.6) is 11.5 Å². The molecule has 2 aromatic carbocycles. The van der Waals surface area contributed by atoms with E-state index < -0.39 is 0 Å². The Hall–Kier alpha value is -0.880. The summed E-state index contributed by atoms with van der Waals surface area (Å²) in [6.07, 6.45) is 0. The van der Waals surface area contributed by atoms with Gasteiger partial charge in [0.2, 0.25) is 0 Å². The van der Waals surface area contributed by atoms with E-state index in [1.54, 1.807) is 25.1 Å². The Kier molecular flexibility index (Phi) is 4.40. The second kappa shape index (κ2) is 5.84. The minimum absolute atomic E-state index is 0.0303. The zero-order chi connectivity index (χ0) is 13.1. The summed E-state index contributed by atoms with van der Waals surface area (Å²) >= 11 is 5.60. The number of carbonyl (C=O) groups excluding carboxylic acids is 1. The van der Waals surface area contributed by atoms with Crippen molar-refractivity contribution in [2.24, 2.45) is 0 Å². The smallest absolute Gasteiger partial charge is 0.160 e. The first-order valence-electron chi connectivity index (χ1n) is 5.31. The molecular weight excluding hydrogens is 407 g/mol. The number of benzene rings is 2. The van der Waals surface area contributed by atoms with Crippen LogP contribution in [-0.2, 0) is 0 Å². The maximum absolute atomic E-state index is 11.3. The molecule has 0 saturated carbocycles. The fourth-order valence-electron chi connectivity index (χ4n) is 1.50. The van der Waals surface area contributed by atoms with Gasteiger partial charge in [-0.1, -0.05) is 12.1 Å². The highest BCUT2D eigenvalue weighted by Gasteiger charge is 2.07. The van der Waals surface area contributed by atoms with Crippen LogP contribution in [0.1, 0.15) is 17.3 Å². The van der Waals surface area contributed by atoms with Crippen LogP contribution < -0.4 is 4.74 Å². The van der Waals surface area contributed by atoms with Crippen molar-refractivity contribution in [1.82, 2.24) is 0 Å². The summed E-state index contributed by atoms with van der Waals surface area (Å²) in [5.74, 6) is 1.54. The van der Waals surface area contributed by atoms with E-state index >= 15 is 0 Å². The summed E-state index contributed by atoms with van der Waals surface area (Å²) in [5, 5.41) is 0. The van der Waals surface area contributed by atoms with Crippen LogP contribution in [0, 0.1) is 3.57 Å². The average molecular weight is 417 g/mol. The lowest BCUT2D eigenvalue weighted by Crippen LogP contribution is -1.94. The van der Waals surface area contributed by atoms with Crippen LogP contribution in [0.2, 0.25) is 0 Å². The number of Topliss-reactive ketones (excluding diaryl/α,β-unsaturated/α-hetero) is 1. The molecule has 0 unspecified atom stereocenters. The molecule has 0 fully saturated rings. The normalized spacial score (nSPS) is 10.2. The summed E-state index contributed by atoms with van der Waals surface area (Å²) in [4.78, 5) is 11.3. The lowest BCUT2D eigenvalue weighted by Gasteiger charge is -2.09. The Morgan fingerprint density at radius 1 is 1.22 bits per heavy atom. The number of hydrogen-bond donors (Lipinski definition) is 0. The molecule has 0 aliphatic carbocycles. The Balaban J connectivity index is 2.29. The van der Waals surface area contributed by atoms with Crippen LogP contribution in [0.15, 0.2) is 46.9 Å². The molecule has 0 amide bonds. The molecule has 4 heteroatoms. The molecule has 0 aliphatic rings. The summed E-state index contributed by atoms with van der Waals surface area (Å²) in [6, 6.07) is 13.1. The van der Waals surface area contributed by atoms with Gasteiger partial charge in [-0.2, -0.15) is 0 Å². The van der Waals surface area contributed by atoms with Crippen molar-refractivity contribution in [3.05, 3.63) is 56.1 Å². The molecule has 2 rings (SSSR count). The van der Waals surface area contributed by atoms with Gasteiger partial charge in [-0.05, 0) is 75.8 Å². The van der Waals surface area contributed by atoms with Gasteiger partial charge in [0.05, 0.1) is 3.57 Å². The third-order valence-electron chi connectivity index (χ3n) is 2.38. The highest BCUT2D eigenvalue weighted by molar-refractivity contribution is 14.1. The monoisotopic (exact) mass is 416 g/mol. The maximum atomic E-state index is 11.3. The van der Waals surface area contributed by atoms with E-state index in [0.717, 1.165) is 13.8 Å². The number of hydrogen-bond acceptors (Lipinski definition) is 2. The predicted molar refractivity (Wildman–Crippen MR) is 83.4 cm³/mol. The van der Waals surface area contributed by atoms with Gasteiger partial charge in [-0.3, -0.25) is 4.79 Å². The van der Waals surface area contributed by atoms with Gasteiger partial charge < -0.3 is 4.74 Å². The molecule has 0 aromatic heterocycles. The van der Waals surface area contributed by atoms with E-state index in [4.69, 9.17) is 4.74 Å². The lowest BCUT2D eigenvalue weighted by molar-refractivity contribution is 0.101. The predicted octanol–water partition coefficient (Wildman–Crippen LogP) is 5.05. The van der Waals surface area contributed by atoms with Crippen molar-refractivity contribution in [3.63, 3.8) is 0 Å². The summed E-state index contributed by atoms with van der Waals surface area (Å²) < 4.78 is 7.57. The van der Waals surface area contributed by atoms with E-state index in [1.807, 2.05) is 24.3 Å². The first-order valence-corrected chi connectivity index (χ1v) is 7.18. The molecule has 0 saturated heterocycles. The molecule has 2 nitrogen and oxygen atoms in total. The molecule has 0 aliphatic heterocycles. The number of para-hydroxylation sites is 1. The number of ketones is 1. The number of rotatable bonds is 3. The zero-order valence-corrected chi connectivity index (χ0v) is 13.4. The van der Waals surface area contributed by atoms with Crippen LogP contribution >= 0.6 is 38.5 Å². The van der Waals surface area contributed by atoms with E-state index in [2.05, 4.69) is 38.5 Å². The molecule has 0 heterocycles. The second-order valence-corrected chi connectivity index (χ2v) is 5.75. The molecule has 0 bridgehead atoms. The maximum Gasteiger partial charge on any atom is 0.160 e. The second-order valence-electron chi connectivity index (χ2n) is 3.73. The van der Waals surface area contributed by atoms with Gasteiger partial charge >= 0.3 is 0 Å². The van der Waals surface area contributed by atoms with Gasteiger partial charge in [0, 0.05) is 10.0 Å². The van der Waals surface area contributed by atoms with Crippen molar-refractivity contribution in [3.8, 4) is 11.5 Å². The van der Waals surface area contributed by atoms with E-state index in [9.17, 15) is 4.79 Å². The molecule has 0 atom stereocenters. The van der Waals surface area contributed by atoms with E-state index in [-0.39, 0.29) is 5.78 Å².